The van der Waals surface area contributed by atoms with Gasteiger partial charge in [0.1, 0.15) is 5.75 Å². The van der Waals surface area contributed by atoms with Crippen LogP contribution in [0.2, 0.25) is 0 Å². The van der Waals surface area contributed by atoms with Crippen molar-refractivity contribution in [2.45, 2.75) is 24.8 Å². The maximum absolute atomic E-state index is 13.1. The van der Waals surface area contributed by atoms with Crippen molar-refractivity contribution in [3.63, 3.8) is 0 Å². The predicted molar refractivity (Wildman–Crippen MR) is 136 cm³/mol. The van der Waals surface area contributed by atoms with Crippen LogP contribution < -0.4 is 15.4 Å². The number of hydrogen-bond donors (Lipinski definition) is 2. The van der Waals surface area contributed by atoms with E-state index in [1.165, 1.54) is 16.4 Å². The van der Waals surface area contributed by atoms with Crippen LogP contribution in [0.4, 0.5) is 5.69 Å². The van der Waals surface area contributed by atoms with E-state index in [9.17, 15) is 13.2 Å². The molecular formula is C26H31N3O5S. The highest BCUT2D eigenvalue weighted by Gasteiger charge is 2.27. The SMILES string of the molecule is CCOc1ccc(S(=O)(=O)N2CCOCC2)cc1NC(=O)CN[C@H](C)c1cccc2ccccc12. The van der Waals surface area contributed by atoms with E-state index in [0.29, 0.717) is 44.3 Å². The lowest BCUT2D eigenvalue weighted by atomic mass is 10.00. The van der Waals surface area contributed by atoms with Crippen LogP contribution in [0.15, 0.2) is 65.6 Å². The molecule has 1 atom stereocenters. The third-order valence-electron chi connectivity index (χ3n) is 5.99. The number of ether oxygens (including phenoxy) is 2. The Bertz CT molecular complexity index is 1280. The van der Waals surface area contributed by atoms with E-state index < -0.39 is 10.0 Å². The Labute approximate surface area is 206 Å². The van der Waals surface area contributed by atoms with Crippen molar-refractivity contribution in [3.05, 3.63) is 66.2 Å². The second-order valence-corrected chi connectivity index (χ2v) is 10.3. The lowest BCUT2D eigenvalue weighted by molar-refractivity contribution is -0.115. The second kappa shape index (κ2) is 11.2. The first-order chi connectivity index (χ1) is 16.9. The number of rotatable bonds is 9. The second-order valence-electron chi connectivity index (χ2n) is 8.33. The number of nitrogens with one attached hydrogen (secondary N) is 2. The van der Waals surface area contributed by atoms with Gasteiger partial charge >= 0.3 is 0 Å². The molecule has 8 nitrogen and oxygen atoms in total. The van der Waals surface area contributed by atoms with Gasteiger partial charge < -0.3 is 20.1 Å². The number of anilines is 1. The molecule has 1 amide bonds. The summed E-state index contributed by atoms with van der Waals surface area (Å²) in [6.07, 6.45) is 0. The summed E-state index contributed by atoms with van der Waals surface area (Å²) >= 11 is 0. The molecule has 1 saturated heterocycles. The maximum atomic E-state index is 13.1. The molecule has 186 valence electrons. The van der Waals surface area contributed by atoms with Crippen LogP contribution in [0.1, 0.15) is 25.5 Å². The van der Waals surface area contributed by atoms with Crippen molar-refractivity contribution in [1.82, 2.24) is 9.62 Å². The summed E-state index contributed by atoms with van der Waals surface area (Å²) in [6.45, 7) is 5.60. The van der Waals surface area contributed by atoms with E-state index in [2.05, 4.69) is 28.8 Å². The third kappa shape index (κ3) is 5.82. The van der Waals surface area contributed by atoms with E-state index in [4.69, 9.17) is 9.47 Å². The molecule has 2 N–H and O–H groups in total. The Kier molecular flexibility index (Phi) is 8.02. The quantitative estimate of drug-likeness (QED) is 0.469. The lowest BCUT2D eigenvalue weighted by Gasteiger charge is -2.26. The molecule has 1 heterocycles. The fraction of sp³-hybridized carbons (Fsp3) is 0.346. The highest BCUT2D eigenvalue weighted by atomic mass is 32.2. The molecule has 4 rings (SSSR count). The molecule has 0 aliphatic carbocycles. The summed E-state index contributed by atoms with van der Waals surface area (Å²) < 4.78 is 38.5. The Morgan fingerprint density at radius 1 is 1.09 bits per heavy atom. The van der Waals surface area contributed by atoms with Gasteiger partial charge in [-0.1, -0.05) is 42.5 Å². The fourth-order valence-electron chi connectivity index (χ4n) is 4.16. The average Bonchev–Trinajstić information content (AvgIpc) is 2.88. The average molecular weight is 498 g/mol. The van der Waals surface area contributed by atoms with Crippen LogP contribution >= 0.6 is 0 Å². The molecule has 9 heteroatoms. The van der Waals surface area contributed by atoms with Crippen molar-refractivity contribution >= 4 is 32.4 Å². The summed E-state index contributed by atoms with van der Waals surface area (Å²) in [4.78, 5) is 12.9. The number of amides is 1. The van der Waals surface area contributed by atoms with E-state index in [0.717, 1.165) is 16.3 Å². The molecule has 0 spiro atoms. The molecule has 3 aromatic carbocycles. The molecule has 1 aliphatic heterocycles. The lowest BCUT2D eigenvalue weighted by Crippen LogP contribution is -2.40. The van der Waals surface area contributed by atoms with Gasteiger partial charge in [0.2, 0.25) is 15.9 Å². The van der Waals surface area contributed by atoms with Crippen LogP contribution in [-0.4, -0.2) is 58.1 Å². The van der Waals surface area contributed by atoms with Gasteiger partial charge in [-0.25, -0.2) is 8.42 Å². The predicted octanol–water partition coefficient (Wildman–Crippen LogP) is 3.55. The monoisotopic (exact) mass is 497 g/mol. The zero-order chi connectivity index (χ0) is 24.8. The molecule has 0 saturated carbocycles. The highest BCUT2D eigenvalue weighted by molar-refractivity contribution is 7.89. The van der Waals surface area contributed by atoms with Gasteiger partial charge in [0, 0.05) is 19.1 Å². The zero-order valence-corrected chi connectivity index (χ0v) is 20.8. The minimum atomic E-state index is -3.70. The summed E-state index contributed by atoms with van der Waals surface area (Å²) in [5.74, 6) is 0.128. The van der Waals surface area contributed by atoms with E-state index in [1.54, 1.807) is 6.07 Å². The number of carbonyl (C=O) groups excluding carboxylic acids is 1. The van der Waals surface area contributed by atoms with Gasteiger partial charge in [0.25, 0.3) is 0 Å². The first-order valence-corrected chi connectivity index (χ1v) is 13.2. The van der Waals surface area contributed by atoms with Crippen molar-refractivity contribution in [2.75, 3.05) is 44.8 Å². The number of nitrogens with zero attached hydrogens (tertiary/aromatic N) is 1. The van der Waals surface area contributed by atoms with Crippen molar-refractivity contribution < 1.29 is 22.7 Å². The molecular weight excluding hydrogens is 466 g/mol. The summed E-state index contributed by atoms with van der Waals surface area (Å²) in [5.41, 5.74) is 1.43. The van der Waals surface area contributed by atoms with Crippen LogP contribution in [0.5, 0.6) is 5.75 Å². The Balaban J connectivity index is 1.48. The topological polar surface area (TPSA) is 97.0 Å². The van der Waals surface area contributed by atoms with Gasteiger partial charge in [0.05, 0.1) is 36.9 Å². The number of sulfonamides is 1. The molecule has 0 radical (unpaired) electrons. The molecule has 1 fully saturated rings. The summed E-state index contributed by atoms with van der Waals surface area (Å²) in [6, 6.07) is 18.7. The number of morpholine rings is 1. The molecule has 0 bridgehead atoms. The maximum Gasteiger partial charge on any atom is 0.243 e. The molecule has 0 aromatic heterocycles. The first kappa shape index (κ1) is 25.1. The van der Waals surface area contributed by atoms with Crippen molar-refractivity contribution in [2.24, 2.45) is 0 Å². The fourth-order valence-corrected chi connectivity index (χ4v) is 5.60. The molecule has 35 heavy (non-hydrogen) atoms. The van der Waals surface area contributed by atoms with E-state index in [1.807, 2.05) is 38.1 Å². The number of benzene rings is 3. The summed E-state index contributed by atoms with van der Waals surface area (Å²) in [7, 11) is -3.70. The highest BCUT2D eigenvalue weighted by Crippen LogP contribution is 2.30. The number of hydrogen-bond acceptors (Lipinski definition) is 6. The largest absolute Gasteiger partial charge is 0.492 e. The zero-order valence-electron chi connectivity index (χ0n) is 20.0. The Morgan fingerprint density at radius 2 is 1.83 bits per heavy atom. The smallest absolute Gasteiger partial charge is 0.243 e. The van der Waals surface area contributed by atoms with Crippen molar-refractivity contribution in [3.8, 4) is 5.75 Å². The number of fused-ring (bicyclic) bond motifs is 1. The van der Waals surface area contributed by atoms with Crippen LogP contribution in [0, 0.1) is 0 Å². The summed E-state index contributed by atoms with van der Waals surface area (Å²) in [5, 5.41) is 8.36. The van der Waals surface area contributed by atoms with E-state index in [-0.39, 0.29) is 23.4 Å². The van der Waals surface area contributed by atoms with Gasteiger partial charge in [0.15, 0.2) is 0 Å². The standard InChI is InChI=1S/C26H31N3O5S/c1-3-34-25-12-11-21(35(31,32)29-13-15-33-16-14-29)17-24(25)28-26(30)18-27-19(2)22-10-6-8-20-7-4-5-9-23(20)22/h4-12,17,19,27H,3,13-16,18H2,1-2H3,(H,28,30)/t19-/m1/s1. The van der Waals surface area contributed by atoms with Crippen LogP contribution in [0.25, 0.3) is 10.8 Å². The van der Waals surface area contributed by atoms with Gasteiger partial charge in [-0.2, -0.15) is 4.31 Å². The van der Waals surface area contributed by atoms with Crippen LogP contribution in [-0.2, 0) is 19.6 Å². The number of carbonyl (C=O) groups is 1. The third-order valence-corrected chi connectivity index (χ3v) is 7.89. The van der Waals surface area contributed by atoms with Crippen LogP contribution in [0.3, 0.4) is 0 Å². The Morgan fingerprint density at radius 3 is 2.60 bits per heavy atom. The Hall–Kier alpha value is -2.98. The minimum absolute atomic E-state index is 0.0520. The first-order valence-electron chi connectivity index (χ1n) is 11.8. The van der Waals surface area contributed by atoms with E-state index >= 15 is 0 Å². The molecule has 1 aliphatic rings. The van der Waals surface area contributed by atoms with Gasteiger partial charge in [-0.05, 0) is 48.4 Å². The molecule has 3 aromatic rings. The van der Waals surface area contributed by atoms with Gasteiger partial charge in [-0.15, -0.1) is 0 Å². The van der Waals surface area contributed by atoms with Gasteiger partial charge in [-0.3, -0.25) is 4.79 Å². The normalized spacial score (nSPS) is 15.6. The minimum Gasteiger partial charge on any atom is -0.492 e. The molecule has 0 unspecified atom stereocenters. The van der Waals surface area contributed by atoms with Crippen molar-refractivity contribution in [1.29, 1.82) is 0 Å².